The minimum atomic E-state index is -1.29. The third-order valence-electron chi connectivity index (χ3n) is 4.10. The van der Waals surface area contributed by atoms with Crippen molar-refractivity contribution in [3.8, 4) is 0 Å². The van der Waals surface area contributed by atoms with Crippen LogP contribution in [0.1, 0.15) is 38.3 Å². The molecule has 7 nitrogen and oxygen atoms in total. The van der Waals surface area contributed by atoms with Crippen LogP contribution in [0, 0.1) is 6.92 Å². The molecule has 1 N–H and O–H groups in total. The lowest BCUT2D eigenvalue weighted by Crippen LogP contribution is -2.48. The molecule has 0 aromatic heterocycles. The summed E-state index contributed by atoms with van der Waals surface area (Å²) in [7, 11) is 0. The largest absolute Gasteiger partial charge is 0.309 e. The van der Waals surface area contributed by atoms with Gasteiger partial charge in [-0.25, -0.2) is 0 Å². The van der Waals surface area contributed by atoms with Crippen LogP contribution in [-0.2, 0) is 19.3 Å². The Balaban J connectivity index is 2.17. The van der Waals surface area contributed by atoms with Crippen molar-refractivity contribution >= 4 is 40.3 Å². The molecule has 0 aliphatic carbocycles. The highest BCUT2D eigenvalue weighted by molar-refractivity contribution is 8.15. The Labute approximate surface area is 150 Å². The quantitative estimate of drug-likeness (QED) is 0.873. The zero-order valence-corrected chi connectivity index (χ0v) is 15.4. The molecule has 25 heavy (non-hydrogen) atoms. The number of carbonyl (C=O) groups excluding carboxylic acids is 3. The van der Waals surface area contributed by atoms with Gasteiger partial charge in [0, 0.05) is 26.0 Å². The Bertz CT molecular complexity index is 807. The van der Waals surface area contributed by atoms with E-state index in [2.05, 4.69) is 10.4 Å². The zero-order chi connectivity index (χ0) is 18.4. The van der Waals surface area contributed by atoms with Crippen molar-refractivity contribution in [3.05, 3.63) is 29.3 Å². The van der Waals surface area contributed by atoms with Crippen LogP contribution >= 0.6 is 11.8 Å². The highest BCUT2D eigenvalue weighted by Gasteiger charge is 2.60. The Kier molecular flexibility index (Phi) is 4.32. The molecule has 0 fully saturated rings. The number of benzene rings is 1. The number of nitrogens with one attached hydrogen (secondary N) is 1. The third-order valence-corrected chi connectivity index (χ3v) is 5.34. The lowest BCUT2D eigenvalue weighted by atomic mass is 10.0. The van der Waals surface area contributed by atoms with Crippen molar-refractivity contribution in [1.82, 2.24) is 10.3 Å². The first kappa shape index (κ1) is 17.5. The number of carbonyl (C=O) groups is 3. The first-order chi connectivity index (χ1) is 11.8. The molecule has 8 heteroatoms. The second kappa shape index (κ2) is 6.18. The number of amides is 3. The van der Waals surface area contributed by atoms with E-state index in [4.69, 9.17) is 0 Å². The minimum absolute atomic E-state index is 0.209. The monoisotopic (exact) mass is 360 g/mol. The van der Waals surface area contributed by atoms with Crippen molar-refractivity contribution < 1.29 is 14.4 Å². The lowest BCUT2D eigenvalue weighted by Gasteiger charge is -2.29. The van der Waals surface area contributed by atoms with Crippen LogP contribution in [0.15, 0.2) is 23.3 Å². The predicted molar refractivity (Wildman–Crippen MR) is 96.9 cm³/mol. The van der Waals surface area contributed by atoms with E-state index in [0.29, 0.717) is 6.54 Å². The zero-order valence-electron chi connectivity index (χ0n) is 14.6. The smallest absolute Gasteiger partial charge is 0.270 e. The molecule has 2 aliphatic heterocycles. The number of rotatable bonds is 2. The van der Waals surface area contributed by atoms with Gasteiger partial charge >= 0.3 is 0 Å². The van der Waals surface area contributed by atoms with Gasteiger partial charge in [0.2, 0.25) is 16.7 Å². The van der Waals surface area contributed by atoms with Crippen LogP contribution in [0.2, 0.25) is 0 Å². The van der Waals surface area contributed by atoms with Crippen molar-refractivity contribution in [2.24, 2.45) is 5.10 Å². The summed E-state index contributed by atoms with van der Waals surface area (Å²) in [5.41, 5.74) is 2.51. The van der Waals surface area contributed by atoms with Crippen LogP contribution < -0.4 is 10.2 Å². The molecule has 1 aromatic rings. The summed E-state index contributed by atoms with van der Waals surface area (Å²) in [6, 6.07) is 5.77. The highest BCUT2D eigenvalue weighted by atomic mass is 32.2. The van der Waals surface area contributed by atoms with Gasteiger partial charge in [-0.05, 0) is 31.2 Å². The molecule has 3 rings (SSSR count). The molecule has 2 aliphatic rings. The van der Waals surface area contributed by atoms with Gasteiger partial charge in [0.15, 0.2) is 5.17 Å². The first-order valence-corrected chi connectivity index (χ1v) is 8.92. The van der Waals surface area contributed by atoms with Gasteiger partial charge in [-0.1, -0.05) is 24.6 Å². The predicted octanol–water partition coefficient (Wildman–Crippen LogP) is 1.91. The topological polar surface area (TPSA) is 82.1 Å². The fraction of sp³-hybridized carbons (Fsp3) is 0.412. The average molecular weight is 360 g/mol. The van der Waals surface area contributed by atoms with Gasteiger partial charge in [0.25, 0.3) is 5.91 Å². The highest BCUT2D eigenvalue weighted by Crippen LogP contribution is 2.54. The van der Waals surface area contributed by atoms with E-state index in [-0.39, 0.29) is 22.9 Å². The van der Waals surface area contributed by atoms with Gasteiger partial charge in [-0.3, -0.25) is 14.4 Å². The van der Waals surface area contributed by atoms with E-state index in [1.165, 1.54) is 18.9 Å². The maximum absolute atomic E-state index is 13.4. The number of hydrogen-bond donors (Lipinski definition) is 1. The van der Waals surface area contributed by atoms with Gasteiger partial charge in [0.1, 0.15) is 0 Å². The summed E-state index contributed by atoms with van der Waals surface area (Å²) in [6.45, 7) is 7.22. The van der Waals surface area contributed by atoms with Crippen LogP contribution in [-0.4, -0.2) is 34.4 Å². The Morgan fingerprint density at radius 3 is 2.64 bits per heavy atom. The van der Waals surface area contributed by atoms with Gasteiger partial charge < -0.3 is 10.2 Å². The summed E-state index contributed by atoms with van der Waals surface area (Å²) in [4.78, 5) is 37.5. The van der Waals surface area contributed by atoms with Crippen LogP contribution in [0.4, 0.5) is 5.69 Å². The maximum atomic E-state index is 13.4. The minimum Gasteiger partial charge on any atom is -0.309 e. The van der Waals surface area contributed by atoms with E-state index in [1.54, 1.807) is 4.90 Å². The first-order valence-electron chi connectivity index (χ1n) is 8.10. The summed E-state index contributed by atoms with van der Waals surface area (Å²) in [5.74, 6) is -0.863. The number of nitrogens with zero attached hydrogens (tertiary/aromatic N) is 3. The van der Waals surface area contributed by atoms with Crippen molar-refractivity contribution in [3.63, 3.8) is 0 Å². The number of thioether (sulfide) groups is 1. The Morgan fingerprint density at radius 1 is 1.32 bits per heavy atom. The van der Waals surface area contributed by atoms with E-state index < -0.39 is 4.87 Å². The molecule has 0 saturated heterocycles. The van der Waals surface area contributed by atoms with Crippen LogP contribution in [0.5, 0.6) is 0 Å². The van der Waals surface area contributed by atoms with Gasteiger partial charge in [0.05, 0.1) is 5.69 Å². The molecule has 0 bridgehead atoms. The fourth-order valence-corrected chi connectivity index (χ4v) is 4.50. The molecule has 0 saturated carbocycles. The summed E-state index contributed by atoms with van der Waals surface area (Å²) < 4.78 is 0. The van der Waals surface area contributed by atoms with E-state index in [1.807, 2.05) is 32.0 Å². The number of hydrogen-bond acceptors (Lipinski definition) is 5. The summed E-state index contributed by atoms with van der Waals surface area (Å²) in [6.07, 6.45) is 0.791. The Hall–Kier alpha value is -2.35. The fourth-order valence-electron chi connectivity index (χ4n) is 3.17. The van der Waals surface area contributed by atoms with Crippen molar-refractivity contribution in [2.45, 2.75) is 39.0 Å². The molecule has 2 heterocycles. The summed E-state index contributed by atoms with van der Waals surface area (Å²) >= 11 is 1.11. The molecule has 0 radical (unpaired) electrons. The number of anilines is 1. The Morgan fingerprint density at radius 2 is 2.04 bits per heavy atom. The van der Waals surface area contributed by atoms with Crippen molar-refractivity contribution in [1.29, 1.82) is 0 Å². The number of hydrazone groups is 1. The second-order valence-electron chi connectivity index (χ2n) is 6.14. The number of fused-ring (bicyclic) bond motifs is 2. The van der Waals surface area contributed by atoms with Crippen LogP contribution in [0.25, 0.3) is 0 Å². The molecule has 1 atom stereocenters. The molecule has 0 unspecified atom stereocenters. The molecule has 1 spiro atoms. The molecule has 1 aromatic carbocycles. The lowest BCUT2D eigenvalue weighted by molar-refractivity contribution is -0.139. The summed E-state index contributed by atoms with van der Waals surface area (Å²) in [5, 5.41) is 8.27. The third kappa shape index (κ3) is 2.60. The second-order valence-corrected chi connectivity index (χ2v) is 7.32. The van der Waals surface area contributed by atoms with E-state index in [0.717, 1.165) is 35.0 Å². The maximum Gasteiger partial charge on any atom is 0.270 e. The van der Waals surface area contributed by atoms with Gasteiger partial charge in [-0.2, -0.15) is 5.01 Å². The van der Waals surface area contributed by atoms with Crippen molar-refractivity contribution in [2.75, 3.05) is 11.4 Å². The van der Waals surface area contributed by atoms with E-state index >= 15 is 0 Å². The van der Waals surface area contributed by atoms with Gasteiger partial charge in [-0.15, -0.1) is 5.10 Å². The van der Waals surface area contributed by atoms with E-state index in [9.17, 15) is 14.4 Å². The van der Waals surface area contributed by atoms with Crippen LogP contribution in [0.3, 0.4) is 0 Å². The molecule has 132 valence electrons. The number of aryl methyl sites for hydroxylation is 1. The number of amidine groups is 1. The SMILES string of the molecule is CCCN1C(=O)[C@@]2(SC(NC(C)=O)=NN2C(C)=O)c2cc(C)ccc21. The molecular weight excluding hydrogens is 340 g/mol. The standard InChI is InChI=1S/C17H20N4O3S/c1-5-8-20-14-7-6-10(2)9-13(14)17(15(20)24)21(12(4)23)19-16(25-17)18-11(3)22/h6-7,9H,5,8H2,1-4H3,(H,18,19,22)/t17-/m0/s1. The molecular formula is C17H20N4O3S. The normalized spacial score (nSPS) is 21.6. The average Bonchev–Trinajstić information content (AvgIpc) is 3.00. The molecule has 3 amide bonds.